The smallest absolute Gasteiger partial charge is 0.142 e. The van der Waals surface area contributed by atoms with Crippen LogP contribution in [0, 0.1) is 12.7 Å². The van der Waals surface area contributed by atoms with Crippen LogP contribution in [0.25, 0.3) is 0 Å². The summed E-state index contributed by atoms with van der Waals surface area (Å²) in [6.07, 6.45) is 2.17. The Bertz CT molecular complexity index is 345. The molecule has 1 aromatic carbocycles. The molecule has 0 spiro atoms. The quantitative estimate of drug-likeness (QED) is 0.814. The molecule has 0 aromatic heterocycles. The van der Waals surface area contributed by atoms with E-state index in [0.29, 0.717) is 4.47 Å². The Balaban J connectivity index is 2.44. The van der Waals surface area contributed by atoms with Crippen molar-refractivity contribution in [1.82, 2.24) is 5.32 Å². The number of hydrogen-bond donors (Lipinski definition) is 1. The van der Waals surface area contributed by atoms with Gasteiger partial charge in [0.1, 0.15) is 5.82 Å². The standard InChI is InChI=1S/C11H13BrFN/c1-7-4-5-8(12)11(13)10(7)9-3-2-6-14-9/h4-5,9,14H,2-3,6H2,1H3. The first-order valence-electron chi connectivity index (χ1n) is 4.88. The molecule has 1 aromatic rings. The summed E-state index contributed by atoms with van der Waals surface area (Å²) < 4.78 is 14.4. The van der Waals surface area contributed by atoms with Crippen LogP contribution in [0.5, 0.6) is 0 Å². The van der Waals surface area contributed by atoms with Gasteiger partial charge in [0.25, 0.3) is 0 Å². The highest BCUT2D eigenvalue weighted by Crippen LogP contribution is 2.31. The molecule has 3 heteroatoms. The van der Waals surface area contributed by atoms with Gasteiger partial charge < -0.3 is 5.32 Å². The van der Waals surface area contributed by atoms with E-state index in [-0.39, 0.29) is 11.9 Å². The van der Waals surface area contributed by atoms with Crippen molar-refractivity contribution < 1.29 is 4.39 Å². The molecule has 14 heavy (non-hydrogen) atoms. The molecule has 1 aliphatic rings. The molecule has 76 valence electrons. The molecule has 0 bridgehead atoms. The number of aryl methyl sites for hydroxylation is 1. The Hall–Kier alpha value is -0.410. The fourth-order valence-electron chi connectivity index (χ4n) is 2.02. The lowest BCUT2D eigenvalue weighted by atomic mass is 9.99. The first kappa shape index (κ1) is 10.1. The largest absolute Gasteiger partial charge is 0.310 e. The van der Waals surface area contributed by atoms with E-state index >= 15 is 0 Å². The summed E-state index contributed by atoms with van der Waals surface area (Å²) in [5.41, 5.74) is 1.86. The third-order valence-corrected chi connectivity index (χ3v) is 3.37. The third-order valence-electron chi connectivity index (χ3n) is 2.76. The Kier molecular flexibility index (Phi) is 2.88. The summed E-state index contributed by atoms with van der Waals surface area (Å²) in [5.74, 6) is -0.107. The summed E-state index contributed by atoms with van der Waals surface area (Å²) in [6.45, 7) is 2.96. The molecule has 2 rings (SSSR count). The molecule has 1 N–H and O–H groups in total. The maximum Gasteiger partial charge on any atom is 0.142 e. The lowest BCUT2D eigenvalue weighted by Gasteiger charge is -2.15. The van der Waals surface area contributed by atoms with Crippen molar-refractivity contribution in [3.8, 4) is 0 Å². The normalized spacial score (nSPS) is 21.5. The summed E-state index contributed by atoms with van der Waals surface area (Å²) in [4.78, 5) is 0. The zero-order chi connectivity index (χ0) is 10.1. The fraction of sp³-hybridized carbons (Fsp3) is 0.455. The van der Waals surface area contributed by atoms with E-state index in [1.165, 1.54) is 0 Å². The van der Waals surface area contributed by atoms with E-state index in [1.54, 1.807) is 6.07 Å². The van der Waals surface area contributed by atoms with Gasteiger partial charge in [0.05, 0.1) is 4.47 Å². The molecule has 1 fully saturated rings. The van der Waals surface area contributed by atoms with Crippen LogP contribution in [0.3, 0.4) is 0 Å². The van der Waals surface area contributed by atoms with E-state index < -0.39 is 0 Å². The summed E-state index contributed by atoms with van der Waals surface area (Å²) in [6, 6.07) is 3.93. The van der Waals surface area contributed by atoms with Gasteiger partial charge in [-0.05, 0) is 53.9 Å². The van der Waals surface area contributed by atoms with Gasteiger partial charge in [-0.3, -0.25) is 0 Å². The predicted octanol–water partition coefficient (Wildman–Crippen LogP) is 3.32. The SMILES string of the molecule is Cc1ccc(Br)c(F)c1C1CCCN1. The van der Waals surface area contributed by atoms with Crippen LogP contribution in [0.1, 0.15) is 30.0 Å². The number of nitrogens with one attached hydrogen (secondary N) is 1. The molecule has 0 radical (unpaired) electrons. The zero-order valence-corrected chi connectivity index (χ0v) is 9.70. The third kappa shape index (κ3) is 1.71. The second kappa shape index (κ2) is 3.99. The fourth-order valence-corrected chi connectivity index (χ4v) is 2.37. The maximum absolute atomic E-state index is 13.8. The van der Waals surface area contributed by atoms with Gasteiger partial charge in [0.2, 0.25) is 0 Å². The van der Waals surface area contributed by atoms with Gasteiger partial charge in [-0.2, -0.15) is 0 Å². The molecule has 0 aliphatic carbocycles. The number of hydrogen-bond acceptors (Lipinski definition) is 1. The van der Waals surface area contributed by atoms with Crippen molar-refractivity contribution >= 4 is 15.9 Å². The van der Waals surface area contributed by atoms with Gasteiger partial charge in [-0.15, -0.1) is 0 Å². The summed E-state index contributed by atoms with van der Waals surface area (Å²) in [5, 5.41) is 3.32. The second-order valence-electron chi connectivity index (χ2n) is 3.74. The van der Waals surface area contributed by atoms with Gasteiger partial charge >= 0.3 is 0 Å². The van der Waals surface area contributed by atoms with Crippen LogP contribution in [-0.2, 0) is 0 Å². The monoisotopic (exact) mass is 257 g/mol. The zero-order valence-electron chi connectivity index (χ0n) is 8.11. The first-order valence-corrected chi connectivity index (χ1v) is 5.67. The molecule has 1 aliphatic heterocycles. The molecular formula is C11H13BrFN. The van der Waals surface area contributed by atoms with E-state index in [0.717, 1.165) is 30.5 Å². The van der Waals surface area contributed by atoms with Crippen molar-refractivity contribution in [3.63, 3.8) is 0 Å². The molecule has 1 unspecified atom stereocenters. The highest BCUT2D eigenvalue weighted by Gasteiger charge is 2.22. The minimum atomic E-state index is -0.107. The van der Waals surface area contributed by atoms with Gasteiger partial charge in [-0.25, -0.2) is 4.39 Å². The number of benzene rings is 1. The summed E-state index contributed by atoms with van der Waals surface area (Å²) >= 11 is 3.22. The Morgan fingerprint density at radius 2 is 2.29 bits per heavy atom. The molecule has 1 heterocycles. The van der Waals surface area contributed by atoms with E-state index in [4.69, 9.17) is 0 Å². The van der Waals surface area contributed by atoms with Crippen molar-refractivity contribution in [2.24, 2.45) is 0 Å². The summed E-state index contributed by atoms with van der Waals surface area (Å²) in [7, 11) is 0. The maximum atomic E-state index is 13.8. The highest BCUT2D eigenvalue weighted by molar-refractivity contribution is 9.10. The first-order chi connectivity index (χ1) is 6.70. The Morgan fingerprint density at radius 1 is 1.50 bits per heavy atom. The van der Waals surface area contributed by atoms with Crippen molar-refractivity contribution in [2.45, 2.75) is 25.8 Å². The topological polar surface area (TPSA) is 12.0 Å². The molecule has 1 atom stereocenters. The van der Waals surface area contributed by atoms with Crippen LogP contribution >= 0.6 is 15.9 Å². The molecule has 1 saturated heterocycles. The molecule has 0 amide bonds. The Morgan fingerprint density at radius 3 is 2.93 bits per heavy atom. The number of rotatable bonds is 1. The van der Waals surface area contributed by atoms with Crippen molar-refractivity contribution in [2.75, 3.05) is 6.54 Å². The predicted molar refractivity (Wildman–Crippen MR) is 58.8 cm³/mol. The van der Waals surface area contributed by atoms with Gasteiger partial charge in [-0.1, -0.05) is 6.07 Å². The molecule has 1 nitrogen and oxygen atoms in total. The van der Waals surface area contributed by atoms with E-state index in [9.17, 15) is 4.39 Å². The minimum absolute atomic E-state index is 0.107. The van der Waals surface area contributed by atoms with E-state index in [1.807, 2.05) is 13.0 Å². The minimum Gasteiger partial charge on any atom is -0.310 e. The lowest BCUT2D eigenvalue weighted by molar-refractivity contribution is 0.551. The van der Waals surface area contributed by atoms with Gasteiger partial charge in [0, 0.05) is 11.6 Å². The van der Waals surface area contributed by atoms with Crippen LogP contribution in [0.15, 0.2) is 16.6 Å². The highest BCUT2D eigenvalue weighted by atomic mass is 79.9. The Labute approximate surface area is 91.8 Å². The second-order valence-corrected chi connectivity index (χ2v) is 4.60. The molecule has 0 saturated carbocycles. The lowest BCUT2D eigenvalue weighted by Crippen LogP contribution is -2.15. The van der Waals surface area contributed by atoms with E-state index in [2.05, 4.69) is 21.2 Å². The molecular weight excluding hydrogens is 245 g/mol. The van der Waals surface area contributed by atoms with Crippen LogP contribution < -0.4 is 5.32 Å². The van der Waals surface area contributed by atoms with Crippen LogP contribution in [0.4, 0.5) is 4.39 Å². The van der Waals surface area contributed by atoms with Crippen molar-refractivity contribution in [1.29, 1.82) is 0 Å². The number of halogens is 2. The van der Waals surface area contributed by atoms with Crippen molar-refractivity contribution in [3.05, 3.63) is 33.5 Å². The van der Waals surface area contributed by atoms with Gasteiger partial charge in [0.15, 0.2) is 0 Å². The average molecular weight is 258 g/mol. The average Bonchev–Trinajstić information content (AvgIpc) is 2.65. The van der Waals surface area contributed by atoms with Crippen LogP contribution in [-0.4, -0.2) is 6.54 Å². The van der Waals surface area contributed by atoms with Crippen LogP contribution in [0.2, 0.25) is 0 Å².